The summed E-state index contributed by atoms with van der Waals surface area (Å²) in [7, 11) is 0. The van der Waals surface area contributed by atoms with E-state index in [0.717, 1.165) is 37.7 Å². The van der Waals surface area contributed by atoms with E-state index in [1.54, 1.807) is 5.06 Å². The molecule has 0 aromatic heterocycles. The monoisotopic (exact) mass is 464 g/mol. The SMILES string of the molecule is CCCC[C@H](OC(=O)NCC1(Cc2ccccc2)CCC1)C(=O)C1ON1[C@H](C)c1ccccc1. The van der Waals surface area contributed by atoms with E-state index >= 15 is 0 Å². The molecule has 182 valence electrons. The Balaban J connectivity index is 1.31. The molecule has 4 rings (SSSR count). The molecule has 1 aliphatic carbocycles. The van der Waals surface area contributed by atoms with Gasteiger partial charge in [-0.3, -0.25) is 9.63 Å². The maximum Gasteiger partial charge on any atom is 0.407 e. The van der Waals surface area contributed by atoms with Crippen molar-refractivity contribution in [2.24, 2.45) is 5.41 Å². The zero-order chi connectivity index (χ0) is 24.0. The van der Waals surface area contributed by atoms with Crippen molar-refractivity contribution in [1.29, 1.82) is 0 Å². The first kappa shape index (κ1) is 24.4. The third-order valence-corrected chi connectivity index (χ3v) is 7.14. The van der Waals surface area contributed by atoms with Crippen LogP contribution in [-0.4, -0.2) is 35.8 Å². The van der Waals surface area contributed by atoms with E-state index in [-0.39, 0.29) is 17.2 Å². The number of unbranched alkanes of at least 4 members (excludes halogenated alkanes) is 1. The highest BCUT2D eigenvalue weighted by Gasteiger charge is 2.49. The van der Waals surface area contributed by atoms with Crippen LogP contribution in [0.25, 0.3) is 0 Å². The lowest BCUT2D eigenvalue weighted by molar-refractivity contribution is -0.129. The molecule has 4 atom stereocenters. The van der Waals surface area contributed by atoms with E-state index in [2.05, 4.69) is 36.5 Å². The first-order chi connectivity index (χ1) is 16.5. The smallest absolute Gasteiger partial charge is 0.407 e. The second kappa shape index (κ2) is 11.2. The van der Waals surface area contributed by atoms with Crippen LogP contribution in [-0.2, 0) is 20.8 Å². The van der Waals surface area contributed by atoms with Crippen LogP contribution in [0.2, 0.25) is 0 Å². The number of benzene rings is 2. The lowest BCUT2D eigenvalue weighted by atomic mass is 9.65. The molecule has 1 saturated heterocycles. The summed E-state index contributed by atoms with van der Waals surface area (Å²) >= 11 is 0. The predicted octanol–water partition coefficient (Wildman–Crippen LogP) is 5.59. The van der Waals surface area contributed by atoms with Gasteiger partial charge in [0.05, 0.1) is 6.04 Å². The first-order valence-electron chi connectivity index (χ1n) is 12.5. The minimum Gasteiger partial charge on any atom is -0.438 e. The molecule has 6 nitrogen and oxygen atoms in total. The number of amides is 1. The number of Topliss-reactive ketones (excluding diaryl/α,β-unsaturated/α-hetero) is 1. The van der Waals surface area contributed by atoms with Crippen molar-refractivity contribution in [2.45, 2.75) is 77.2 Å². The minimum absolute atomic E-state index is 0.0488. The average Bonchev–Trinajstić information content (AvgIpc) is 3.64. The molecule has 1 amide bonds. The molecule has 2 unspecified atom stereocenters. The number of ketones is 1. The lowest BCUT2D eigenvalue weighted by Crippen LogP contribution is -2.45. The van der Waals surface area contributed by atoms with Crippen LogP contribution in [0.4, 0.5) is 4.79 Å². The van der Waals surface area contributed by atoms with Gasteiger partial charge >= 0.3 is 6.09 Å². The average molecular weight is 465 g/mol. The predicted molar refractivity (Wildman–Crippen MR) is 131 cm³/mol. The summed E-state index contributed by atoms with van der Waals surface area (Å²) in [5.41, 5.74) is 2.43. The number of carbonyl (C=O) groups excluding carboxylic acids is 2. The molecule has 34 heavy (non-hydrogen) atoms. The molecule has 6 heteroatoms. The molecule has 1 N–H and O–H groups in total. The minimum atomic E-state index is -0.801. The van der Waals surface area contributed by atoms with E-state index in [9.17, 15) is 9.59 Å². The summed E-state index contributed by atoms with van der Waals surface area (Å²) in [5.74, 6) is -0.186. The number of nitrogens with one attached hydrogen (secondary N) is 1. The van der Waals surface area contributed by atoms with Crippen molar-refractivity contribution in [3.63, 3.8) is 0 Å². The molecular formula is C28H36N2O4. The Kier molecular flexibility index (Phi) is 8.01. The van der Waals surface area contributed by atoms with Crippen molar-refractivity contribution in [1.82, 2.24) is 10.4 Å². The summed E-state index contributed by atoms with van der Waals surface area (Å²) in [6.07, 6.45) is 4.54. The second-order valence-electron chi connectivity index (χ2n) is 9.71. The van der Waals surface area contributed by atoms with Crippen molar-refractivity contribution in [2.75, 3.05) is 6.54 Å². The summed E-state index contributed by atoms with van der Waals surface area (Å²) in [4.78, 5) is 31.4. The van der Waals surface area contributed by atoms with Crippen LogP contribution >= 0.6 is 0 Å². The van der Waals surface area contributed by atoms with Crippen molar-refractivity contribution in [3.8, 4) is 0 Å². The molecule has 1 aliphatic heterocycles. The van der Waals surface area contributed by atoms with Crippen LogP contribution in [0.15, 0.2) is 60.7 Å². The van der Waals surface area contributed by atoms with E-state index in [1.165, 1.54) is 12.0 Å². The quantitative estimate of drug-likeness (QED) is 0.415. The molecule has 1 heterocycles. The van der Waals surface area contributed by atoms with Gasteiger partial charge in [0.1, 0.15) is 0 Å². The van der Waals surface area contributed by atoms with Crippen LogP contribution in [0.1, 0.15) is 69.5 Å². The van der Waals surface area contributed by atoms with Gasteiger partial charge in [-0.15, -0.1) is 5.06 Å². The van der Waals surface area contributed by atoms with Gasteiger partial charge in [0, 0.05) is 6.54 Å². The van der Waals surface area contributed by atoms with Gasteiger partial charge in [0.15, 0.2) is 6.10 Å². The maximum atomic E-state index is 13.1. The Morgan fingerprint density at radius 3 is 2.41 bits per heavy atom. The Bertz CT molecular complexity index is 945. The fraction of sp³-hybridized carbons (Fsp3) is 0.500. The molecule has 2 fully saturated rings. The van der Waals surface area contributed by atoms with Crippen molar-refractivity contribution < 1.29 is 19.2 Å². The van der Waals surface area contributed by atoms with Gasteiger partial charge in [0.2, 0.25) is 12.0 Å². The number of alkyl carbamates (subject to hydrolysis) is 1. The Morgan fingerprint density at radius 1 is 1.12 bits per heavy atom. The molecule has 1 saturated carbocycles. The van der Waals surface area contributed by atoms with Crippen molar-refractivity contribution in [3.05, 3.63) is 71.8 Å². The summed E-state index contributed by atoms with van der Waals surface area (Å²) < 4.78 is 5.66. The van der Waals surface area contributed by atoms with Gasteiger partial charge in [-0.2, -0.15) is 0 Å². The third-order valence-electron chi connectivity index (χ3n) is 7.14. The zero-order valence-corrected chi connectivity index (χ0v) is 20.2. The van der Waals surface area contributed by atoms with Gasteiger partial charge in [0.25, 0.3) is 0 Å². The van der Waals surface area contributed by atoms with Crippen LogP contribution < -0.4 is 5.32 Å². The topological polar surface area (TPSA) is 70.9 Å². The van der Waals surface area contributed by atoms with Gasteiger partial charge in [-0.05, 0) is 55.6 Å². The molecule has 2 aliphatic rings. The van der Waals surface area contributed by atoms with Crippen LogP contribution in [0.5, 0.6) is 0 Å². The highest BCUT2D eigenvalue weighted by Crippen LogP contribution is 2.43. The van der Waals surface area contributed by atoms with Gasteiger partial charge in [-0.25, -0.2) is 4.79 Å². The number of ether oxygens (including phenoxy) is 1. The maximum absolute atomic E-state index is 13.1. The number of carbonyl (C=O) groups is 2. The van der Waals surface area contributed by atoms with E-state index in [0.29, 0.717) is 13.0 Å². The largest absolute Gasteiger partial charge is 0.438 e. The van der Waals surface area contributed by atoms with Crippen molar-refractivity contribution >= 4 is 11.9 Å². The summed E-state index contributed by atoms with van der Waals surface area (Å²) in [5, 5.41) is 4.64. The molecule has 2 aromatic rings. The highest BCUT2D eigenvalue weighted by molar-refractivity contribution is 5.90. The zero-order valence-electron chi connectivity index (χ0n) is 20.2. The fourth-order valence-electron chi connectivity index (χ4n) is 4.80. The van der Waals surface area contributed by atoms with Gasteiger partial charge in [-0.1, -0.05) is 80.4 Å². The number of hydroxylamine groups is 2. The summed E-state index contributed by atoms with van der Waals surface area (Å²) in [6, 6.07) is 20.3. The molecule has 0 spiro atoms. The summed E-state index contributed by atoms with van der Waals surface area (Å²) in [6.45, 7) is 4.62. The van der Waals surface area contributed by atoms with Crippen LogP contribution in [0, 0.1) is 5.41 Å². The highest BCUT2D eigenvalue weighted by atomic mass is 16.8. The second-order valence-corrected chi connectivity index (χ2v) is 9.71. The van der Waals surface area contributed by atoms with E-state index in [1.807, 2.05) is 43.3 Å². The molecule has 0 bridgehead atoms. The third kappa shape index (κ3) is 6.05. The Morgan fingerprint density at radius 2 is 1.79 bits per heavy atom. The lowest BCUT2D eigenvalue weighted by Gasteiger charge is -2.42. The number of rotatable bonds is 12. The normalized spacial score (nSPS) is 22.2. The number of hydrogen-bond donors (Lipinski definition) is 1. The fourth-order valence-corrected chi connectivity index (χ4v) is 4.80. The molecule has 2 aromatic carbocycles. The van der Waals surface area contributed by atoms with E-state index < -0.39 is 18.4 Å². The first-order valence-corrected chi connectivity index (χ1v) is 12.5. The van der Waals surface area contributed by atoms with E-state index in [4.69, 9.17) is 9.57 Å². The van der Waals surface area contributed by atoms with Gasteiger partial charge < -0.3 is 10.1 Å². The molecule has 0 radical (unpaired) electrons. The number of hydrogen-bond acceptors (Lipinski definition) is 5. The number of nitrogens with zero attached hydrogens (tertiary/aromatic N) is 1. The Labute approximate surface area is 202 Å². The van der Waals surface area contributed by atoms with Crippen LogP contribution in [0.3, 0.4) is 0 Å². The molecular weight excluding hydrogens is 428 g/mol. The Hall–Kier alpha value is -2.70. The standard InChI is InChI=1S/C28H36N2O4/c1-3-4-16-24(25(31)26-30(34-26)21(2)23-14-9-6-10-15-23)33-27(32)29-20-28(17-11-18-28)19-22-12-7-5-8-13-22/h5-10,12-15,21,24,26H,3-4,11,16-20H2,1-2H3,(H,29,32)/t21-,24+,26?,30?/m1/s1.